The molecule has 0 saturated carbocycles. The number of hydrogen-bond acceptors (Lipinski definition) is 5. The molecule has 1 N–H and O–H groups in total. The molecule has 7 rings (SSSR count). The molecule has 3 aliphatic rings. The Balaban J connectivity index is 1.11. The second-order valence-electron chi connectivity index (χ2n) is 12.1. The van der Waals surface area contributed by atoms with Crippen molar-refractivity contribution < 1.29 is 14.3 Å². The maximum absolute atomic E-state index is 14.3. The predicted octanol–water partition coefficient (Wildman–Crippen LogP) is 4.48. The lowest BCUT2D eigenvalue weighted by Gasteiger charge is -2.36. The molecule has 1 aromatic heterocycles. The molecule has 7 heteroatoms. The largest absolute Gasteiger partial charge is 0.493 e. The highest BCUT2D eigenvalue weighted by atomic mass is 16.5. The van der Waals surface area contributed by atoms with Gasteiger partial charge in [0.25, 0.3) is 0 Å². The number of carbonyl (C=O) groups excluding carboxylic acids is 1. The van der Waals surface area contributed by atoms with Crippen molar-refractivity contribution in [2.24, 2.45) is 7.05 Å². The first-order valence-corrected chi connectivity index (χ1v) is 15.1. The highest BCUT2D eigenvalue weighted by Gasteiger charge is 2.43. The maximum Gasteiger partial charge on any atom is 0.240 e. The number of methoxy groups -OCH3 is 2. The zero-order chi connectivity index (χ0) is 28.8. The first kappa shape index (κ1) is 27.0. The van der Waals surface area contributed by atoms with Crippen LogP contribution in [0.15, 0.2) is 66.9 Å². The zero-order valence-electron chi connectivity index (χ0n) is 24.8. The lowest BCUT2D eigenvalue weighted by atomic mass is 9.97. The van der Waals surface area contributed by atoms with Gasteiger partial charge in [0.15, 0.2) is 11.5 Å². The van der Waals surface area contributed by atoms with E-state index in [4.69, 9.17) is 9.47 Å². The minimum absolute atomic E-state index is 0.129. The molecule has 0 radical (unpaired) electrons. The average Bonchev–Trinajstić information content (AvgIpc) is 3.74. The van der Waals surface area contributed by atoms with Gasteiger partial charge in [-0.15, -0.1) is 0 Å². The summed E-state index contributed by atoms with van der Waals surface area (Å²) in [4.78, 5) is 18.9. The molecule has 3 aromatic carbocycles. The summed E-state index contributed by atoms with van der Waals surface area (Å²) in [6, 6.07) is 21.9. The Morgan fingerprint density at radius 2 is 1.62 bits per heavy atom. The molecule has 4 aromatic rings. The molecule has 1 aliphatic carbocycles. The van der Waals surface area contributed by atoms with Crippen LogP contribution in [0.3, 0.4) is 0 Å². The molecular weight excluding hydrogens is 524 g/mol. The zero-order valence-corrected chi connectivity index (χ0v) is 24.8. The third kappa shape index (κ3) is 4.84. The minimum atomic E-state index is -0.129. The monoisotopic (exact) mass is 564 g/mol. The summed E-state index contributed by atoms with van der Waals surface area (Å²) in [6.45, 7) is 3.02. The number of hydrogen-bond donors (Lipinski definition) is 1. The van der Waals surface area contributed by atoms with E-state index in [1.807, 2.05) is 6.07 Å². The summed E-state index contributed by atoms with van der Waals surface area (Å²) < 4.78 is 13.3. The van der Waals surface area contributed by atoms with E-state index >= 15 is 0 Å². The van der Waals surface area contributed by atoms with Crippen molar-refractivity contribution in [2.75, 3.05) is 27.3 Å². The van der Waals surface area contributed by atoms with Crippen LogP contribution in [0, 0.1) is 0 Å². The standard InChI is InChI=1S/C35H40N4O3/c1-37-20-27(30-10-6-7-11-31(30)37)19-36-28-18-32(39(22-28)29-14-23-8-4-5-9-24(23)15-29)35(40)38-13-12-25-16-33(41-2)34(42-3)17-26(25)21-38/h4-11,16-17,20,28-29,32,36H,12-15,18-19,21-22H2,1-3H3/t28-,32-/m0/s1. The number of ether oxygens (including phenoxy) is 2. The predicted molar refractivity (Wildman–Crippen MR) is 165 cm³/mol. The smallest absolute Gasteiger partial charge is 0.240 e. The van der Waals surface area contributed by atoms with Crippen LogP contribution in [0.4, 0.5) is 0 Å². The van der Waals surface area contributed by atoms with Crippen LogP contribution >= 0.6 is 0 Å². The summed E-state index contributed by atoms with van der Waals surface area (Å²) in [6.07, 6.45) is 5.90. The number of benzene rings is 3. The molecule has 42 heavy (non-hydrogen) atoms. The third-order valence-electron chi connectivity index (χ3n) is 9.71. The Morgan fingerprint density at radius 1 is 0.929 bits per heavy atom. The van der Waals surface area contributed by atoms with Crippen molar-refractivity contribution in [3.8, 4) is 11.5 Å². The molecule has 2 aliphatic heterocycles. The molecule has 1 amide bonds. The van der Waals surface area contributed by atoms with Crippen LogP contribution in [0.1, 0.15) is 34.2 Å². The van der Waals surface area contributed by atoms with E-state index in [0.717, 1.165) is 62.4 Å². The Labute approximate surface area is 248 Å². The Bertz CT molecular complexity index is 1600. The summed E-state index contributed by atoms with van der Waals surface area (Å²) in [5.74, 6) is 1.72. The Kier molecular flexibility index (Phi) is 7.16. The van der Waals surface area contributed by atoms with Crippen LogP contribution < -0.4 is 14.8 Å². The summed E-state index contributed by atoms with van der Waals surface area (Å²) in [5, 5.41) is 5.14. The van der Waals surface area contributed by atoms with E-state index in [2.05, 4.69) is 87.5 Å². The summed E-state index contributed by atoms with van der Waals surface area (Å²) >= 11 is 0. The molecule has 0 unspecified atom stereocenters. The van der Waals surface area contributed by atoms with Gasteiger partial charge in [-0.3, -0.25) is 9.69 Å². The van der Waals surface area contributed by atoms with Crippen molar-refractivity contribution in [2.45, 2.75) is 56.9 Å². The van der Waals surface area contributed by atoms with Crippen molar-refractivity contribution >= 4 is 16.8 Å². The lowest BCUT2D eigenvalue weighted by molar-refractivity contribution is -0.137. The summed E-state index contributed by atoms with van der Waals surface area (Å²) in [5.41, 5.74) is 7.79. The molecule has 0 bridgehead atoms. The van der Waals surface area contributed by atoms with Crippen molar-refractivity contribution in [1.82, 2.24) is 19.7 Å². The van der Waals surface area contributed by atoms with E-state index in [0.29, 0.717) is 12.6 Å². The number of nitrogens with zero attached hydrogens (tertiary/aromatic N) is 3. The van der Waals surface area contributed by atoms with E-state index in [1.54, 1.807) is 14.2 Å². The first-order chi connectivity index (χ1) is 20.5. The van der Waals surface area contributed by atoms with Gasteiger partial charge < -0.3 is 24.3 Å². The van der Waals surface area contributed by atoms with E-state index in [1.165, 1.54) is 33.2 Å². The summed E-state index contributed by atoms with van der Waals surface area (Å²) in [7, 11) is 5.44. The number of nitrogens with one attached hydrogen (secondary N) is 1. The SMILES string of the molecule is COc1cc2c(cc1OC)CN(C(=O)[C@@H]1C[C@H](NCc3cn(C)c4ccccc34)CN1C1Cc3ccccc3C1)CC2. The third-order valence-corrected chi connectivity index (χ3v) is 9.71. The fourth-order valence-corrected chi connectivity index (χ4v) is 7.53. The second-order valence-corrected chi connectivity index (χ2v) is 12.1. The van der Waals surface area contributed by atoms with Crippen LogP contribution in [-0.2, 0) is 44.2 Å². The van der Waals surface area contributed by atoms with Crippen molar-refractivity contribution in [1.29, 1.82) is 0 Å². The molecule has 2 atom stereocenters. The Morgan fingerprint density at radius 3 is 2.36 bits per heavy atom. The molecule has 1 fully saturated rings. The number of carbonyl (C=O) groups is 1. The second kappa shape index (κ2) is 11.1. The van der Waals surface area contributed by atoms with Crippen LogP contribution in [-0.4, -0.2) is 65.7 Å². The number of likely N-dealkylation sites (tertiary alicyclic amines) is 1. The van der Waals surface area contributed by atoms with Gasteiger partial charge in [0, 0.05) is 62.4 Å². The average molecular weight is 565 g/mol. The van der Waals surface area contributed by atoms with Gasteiger partial charge in [0.2, 0.25) is 5.91 Å². The van der Waals surface area contributed by atoms with Gasteiger partial charge in [-0.1, -0.05) is 42.5 Å². The van der Waals surface area contributed by atoms with E-state index in [9.17, 15) is 4.79 Å². The molecule has 1 saturated heterocycles. The van der Waals surface area contributed by atoms with Gasteiger partial charge in [-0.25, -0.2) is 0 Å². The number of para-hydroxylation sites is 1. The number of aryl methyl sites for hydroxylation is 1. The number of fused-ring (bicyclic) bond motifs is 3. The fourth-order valence-electron chi connectivity index (χ4n) is 7.53. The highest BCUT2D eigenvalue weighted by molar-refractivity contribution is 5.84. The minimum Gasteiger partial charge on any atom is -0.493 e. The molecule has 7 nitrogen and oxygen atoms in total. The van der Waals surface area contributed by atoms with Gasteiger partial charge in [0.1, 0.15) is 0 Å². The van der Waals surface area contributed by atoms with Crippen molar-refractivity contribution in [3.63, 3.8) is 0 Å². The lowest BCUT2D eigenvalue weighted by Crippen LogP contribution is -2.50. The topological polar surface area (TPSA) is 59.0 Å². The van der Waals surface area contributed by atoms with Gasteiger partial charge >= 0.3 is 0 Å². The Hall–Kier alpha value is -3.81. The molecule has 0 spiro atoms. The molecule has 218 valence electrons. The van der Waals surface area contributed by atoms with Gasteiger partial charge in [0.05, 0.1) is 20.3 Å². The number of aromatic nitrogens is 1. The number of amides is 1. The van der Waals surface area contributed by atoms with Crippen molar-refractivity contribution in [3.05, 3.63) is 94.7 Å². The first-order valence-electron chi connectivity index (χ1n) is 15.1. The van der Waals surface area contributed by atoms with Gasteiger partial charge in [-0.2, -0.15) is 0 Å². The van der Waals surface area contributed by atoms with E-state index < -0.39 is 0 Å². The van der Waals surface area contributed by atoms with Crippen LogP contribution in [0.5, 0.6) is 11.5 Å². The number of rotatable bonds is 7. The molecular formula is C35H40N4O3. The highest BCUT2D eigenvalue weighted by Crippen LogP contribution is 2.35. The maximum atomic E-state index is 14.3. The van der Waals surface area contributed by atoms with E-state index in [-0.39, 0.29) is 18.0 Å². The normalized spacial score (nSPS) is 20.6. The van der Waals surface area contributed by atoms with Crippen LogP contribution in [0.2, 0.25) is 0 Å². The fraction of sp³-hybridized carbons (Fsp3) is 0.400. The van der Waals surface area contributed by atoms with Gasteiger partial charge in [-0.05, 0) is 71.7 Å². The quantitative estimate of drug-likeness (QED) is 0.359. The van der Waals surface area contributed by atoms with Crippen LogP contribution in [0.25, 0.3) is 10.9 Å². The molecule has 3 heterocycles.